The van der Waals surface area contributed by atoms with Gasteiger partial charge in [0.05, 0.1) is 31.1 Å². The van der Waals surface area contributed by atoms with Crippen LogP contribution in [0.3, 0.4) is 0 Å². The summed E-state index contributed by atoms with van der Waals surface area (Å²) in [6.07, 6.45) is 0. The second kappa shape index (κ2) is 9.47. The molecule has 1 heterocycles. The highest BCUT2D eigenvalue weighted by Crippen LogP contribution is 2.32. The molecule has 1 amide bonds. The van der Waals surface area contributed by atoms with Gasteiger partial charge in [0, 0.05) is 6.07 Å². The van der Waals surface area contributed by atoms with Crippen LogP contribution in [0.15, 0.2) is 53.7 Å². The number of hydrogen-bond acceptors (Lipinski definition) is 6. The fourth-order valence-electron chi connectivity index (χ4n) is 2.78. The maximum Gasteiger partial charge on any atom is 0.233 e. The van der Waals surface area contributed by atoms with E-state index in [1.165, 1.54) is 11.8 Å². The lowest BCUT2D eigenvalue weighted by Gasteiger charge is -2.16. The number of hydrogen-bond donors (Lipinski definition) is 2. The molecule has 3 aromatic rings. The topological polar surface area (TPSA) is 89.1 Å². The summed E-state index contributed by atoms with van der Waals surface area (Å²) in [7, 11) is 3.19. The van der Waals surface area contributed by atoms with E-state index in [0.717, 1.165) is 11.1 Å². The molecule has 3 rings (SSSR count). The number of carbonyl (C=O) groups excluding carboxylic acids is 1. The van der Waals surface area contributed by atoms with Gasteiger partial charge in [-0.2, -0.15) is 0 Å². The standard InChI is InChI=1S/C21H24N4O3S/c1-13(15-8-6-5-7-9-15)22-20(26)14(2)29-21-23-19(24-25-21)17-11-10-16(27-3)12-18(17)28-4/h5-14H,1-4H3,(H,22,26)(H,23,24,25). The highest BCUT2D eigenvalue weighted by molar-refractivity contribution is 8.00. The number of aromatic nitrogens is 3. The monoisotopic (exact) mass is 412 g/mol. The zero-order chi connectivity index (χ0) is 20.8. The minimum absolute atomic E-state index is 0.0697. The number of amides is 1. The fraction of sp³-hybridized carbons (Fsp3) is 0.286. The first-order valence-electron chi connectivity index (χ1n) is 9.18. The van der Waals surface area contributed by atoms with Crippen LogP contribution in [-0.4, -0.2) is 40.6 Å². The van der Waals surface area contributed by atoms with E-state index in [1.54, 1.807) is 20.3 Å². The molecule has 0 spiro atoms. The number of thioether (sulfide) groups is 1. The van der Waals surface area contributed by atoms with Crippen molar-refractivity contribution in [3.05, 3.63) is 54.1 Å². The minimum Gasteiger partial charge on any atom is -0.497 e. The first-order chi connectivity index (χ1) is 14.0. The lowest BCUT2D eigenvalue weighted by molar-refractivity contribution is -0.120. The molecule has 0 aliphatic rings. The number of nitrogens with one attached hydrogen (secondary N) is 2. The summed E-state index contributed by atoms with van der Waals surface area (Å²) < 4.78 is 10.6. The molecule has 2 atom stereocenters. The molecule has 0 aliphatic carbocycles. The van der Waals surface area contributed by atoms with Crippen LogP contribution < -0.4 is 14.8 Å². The van der Waals surface area contributed by atoms with Crippen LogP contribution in [0.4, 0.5) is 0 Å². The summed E-state index contributed by atoms with van der Waals surface area (Å²) in [5.74, 6) is 1.81. The van der Waals surface area contributed by atoms with Crippen molar-refractivity contribution in [1.82, 2.24) is 20.5 Å². The van der Waals surface area contributed by atoms with E-state index in [-0.39, 0.29) is 17.2 Å². The SMILES string of the molecule is COc1ccc(-c2nc(SC(C)C(=O)NC(C)c3ccccc3)n[nH]2)c(OC)c1. The molecule has 0 fully saturated rings. The third-order valence-corrected chi connectivity index (χ3v) is 5.40. The molecule has 2 unspecified atom stereocenters. The second-order valence-corrected chi connectivity index (χ2v) is 7.74. The lowest BCUT2D eigenvalue weighted by atomic mass is 10.1. The molecule has 29 heavy (non-hydrogen) atoms. The summed E-state index contributed by atoms with van der Waals surface area (Å²) in [5, 5.41) is 10.3. The molecule has 152 valence electrons. The number of rotatable bonds is 8. The average molecular weight is 413 g/mol. The third kappa shape index (κ3) is 5.08. The zero-order valence-corrected chi connectivity index (χ0v) is 17.6. The first-order valence-corrected chi connectivity index (χ1v) is 10.1. The van der Waals surface area contributed by atoms with Crippen LogP contribution in [0, 0.1) is 0 Å². The molecular formula is C21H24N4O3S. The van der Waals surface area contributed by atoms with E-state index in [4.69, 9.17) is 9.47 Å². The molecule has 7 nitrogen and oxygen atoms in total. The van der Waals surface area contributed by atoms with Gasteiger partial charge in [0.25, 0.3) is 0 Å². The van der Waals surface area contributed by atoms with Crippen LogP contribution in [-0.2, 0) is 4.79 Å². The number of ether oxygens (including phenoxy) is 2. The summed E-state index contributed by atoms with van der Waals surface area (Å²) in [6.45, 7) is 3.80. The quantitative estimate of drug-likeness (QED) is 0.547. The number of nitrogens with zero attached hydrogens (tertiary/aromatic N) is 2. The number of aromatic amines is 1. The molecule has 0 bridgehead atoms. The zero-order valence-electron chi connectivity index (χ0n) is 16.8. The summed E-state index contributed by atoms with van der Waals surface area (Å²) in [5.41, 5.74) is 1.83. The maximum absolute atomic E-state index is 12.5. The van der Waals surface area contributed by atoms with Crippen molar-refractivity contribution in [1.29, 1.82) is 0 Å². The fourth-order valence-corrected chi connectivity index (χ4v) is 3.51. The van der Waals surface area contributed by atoms with Gasteiger partial charge >= 0.3 is 0 Å². The summed E-state index contributed by atoms with van der Waals surface area (Å²) in [4.78, 5) is 17.0. The van der Waals surface area contributed by atoms with Crippen LogP contribution >= 0.6 is 11.8 Å². The van der Waals surface area contributed by atoms with Crippen LogP contribution in [0.25, 0.3) is 11.4 Å². The van der Waals surface area contributed by atoms with Gasteiger partial charge in [0.1, 0.15) is 11.5 Å². The second-order valence-electron chi connectivity index (χ2n) is 6.43. The Labute approximate surface area is 174 Å². The summed E-state index contributed by atoms with van der Waals surface area (Å²) in [6, 6.07) is 15.2. The number of methoxy groups -OCH3 is 2. The average Bonchev–Trinajstić information content (AvgIpc) is 3.21. The van der Waals surface area contributed by atoms with Gasteiger partial charge in [-0.05, 0) is 31.5 Å². The molecule has 8 heteroatoms. The van der Waals surface area contributed by atoms with E-state index in [1.807, 2.05) is 56.3 Å². The predicted octanol–water partition coefficient (Wildman–Crippen LogP) is 3.85. The van der Waals surface area contributed by atoms with Crippen LogP contribution in [0.2, 0.25) is 0 Å². The maximum atomic E-state index is 12.5. The Hall–Kier alpha value is -3.00. The van der Waals surface area contributed by atoms with E-state index < -0.39 is 0 Å². The van der Waals surface area contributed by atoms with Gasteiger partial charge in [0.2, 0.25) is 11.1 Å². The first kappa shape index (κ1) is 20.7. The number of carbonyl (C=O) groups is 1. The Morgan fingerprint density at radius 2 is 1.86 bits per heavy atom. The van der Waals surface area contributed by atoms with Crippen molar-refractivity contribution in [2.45, 2.75) is 30.3 Å². The Balaban J connectivity index is 1.66. The third-order valence-electron chi connectivity index (χ3n) is 4.44. The van der Waals surface area contributed by atoms with Crippen LogP contribution in [0.5, 0.6) is 11.5 Å². The molecule has 0 radical (unpaired) electrons. The molecule has 0 saturated carbocycles. The highest BCUT2D eigenvalue weighted by atomic mass is 32.2. The normalized spacial score (nSPS) is 12.8. The van der Waals surface area contributed by atoms with Crippen molar-refractivity contribution < 1.29 is 14.3 Å². The molecule has 0 saturated heterocycles. The van der Waals surface area contributed by atoms with Crippen molar-refractivity contribution in [2.24, 2.45) is 0 Å². The van der Waals surface area contributed by atoms with Crippen molar-refractivity contribution in [3.63, 3.8) is 0 Å². The number of benzene rings is 2. The van der Waals surface area contributed by atoms with Crippen molar-refractivity contribution in [3.8, 4) is 22.9 Å². The van der Waals surface area contributed by atoms with Crippen LogP contribution in [0.1, 0.15) is 25.5 Å². The van der Waals surface area contributed by atoms with Gasteiger partial charge < -0.3 is 14.8 Å². The van der Waals surface area contributed by atoms with Crippen molar-refractivity contribution in [2.75, 3.05) is 14.2 Å². The highest BCUT2D eigenvalue weighted by Gasteiger charge is 2.20. The van der Waals surface area contributed by atoms with Crippen molar-refractivity contribution >= 4 is 17.7 Å². The Bertz CT molecular complexity index is 962. The van der Waals surface area contributed by atoms with Gasteiger partial charge in [-0.1, -0.05) is 42.1 Å². The van der Waals surface area contributed by atoms with E-state index >= 15 is 0 Å². The van der Waals surface area contributed by atoms with E-state index in [2.05, 4.69) is 20.5 Å². The smallest absolute Gasteiger partial charge is 0.233 e. The Kier molecular flexibility index (Phi) is 6.77. The van der Waals surface area contributed by atoms with Gasteiger partial charge in [-0.25, -0.2) is 4.98 Å². The van der Waals surface area contributed by atoms with E-state index in [9.17, 15) is 4.79 Å². The molecule has 1 aromatic heterocycles. The van der Waals surface area contributed by atoms with Gasteiger partial charge in [-0.3, -0.25) is 9.89 Å². The predicted molar refractivity (Wildman–Crippen MR) is 113 cm³/mol. The number of H-pyrrole nitrogens is 1. The van der Waals surface area contributed by atoms with E-state index in [0.29, 0.717) is 22.5 Å². The molecular weight excluding hydrogens is 388 g/mol. The largest absolute Gasteiger partial charge is 0.497 e. The molecule has 0 aliphatic heterocycles. The van der Waals surface area contributed by atoms with Gasteiger partial charge in [-0.15, -0.1) is 5.10 Å². The molecule has 2 N–H and O–H groups in total. The lowest BCUT2D eigenvalue weighted by Crippen LogP contribution is -2.33. The minimum atomic E-state index is -0.345. The molecule has 2 aromatic carbocycles. The van der Waals surface area contributed by atoms with Gasteiger partial charge in [0.15, 0.2) is 5.82 Å². The summed E-state index contributed by atoms with van der Waals surface area (Å²) >= 11 is 1.29. The Morgan fingerprint density at radius 3 is 2.55 bits per heavy atom. The Morgan fingerprint density at radius 1 is 1.10 bits per heavy atom.